The highest BCUT2D eigenvalue weighted by Crippen LogP contribution is 2.27. The lowest BCUT2D eigenvalue weighted by molar-refractivity contribution is -0.115. The fraction of sp³-hybridized carbons (Fsp3) is 0.167. The molecule has 25 heavy (non-hydrogen) atoms. The highest BCUT2D eigenvalue weighted by molar-refractivity contribution is 8.00. The molecule has 3 rings (SSSR count). The summed E-state index contributed by atoms with van der Waals surface area (Å²) in [5.74, 6) is 0.243. The molecule has 0 fully saturated rings. The highest BCUT2D eigenvalue weighted by Gasteiger charge is 2.19. The van der Waals surface area contributed by atoms with E-state index >= 15 is 0 Å². The number of nitrogens with one attached hydrogen (secondary N) is 1. The maximum absolute atomic E-state index is 12.3. The minimum Gasteiger partial charge on any atom is -0.411 e. The fourth-order valence-electron chi connectivity index (χ4n) is 2.08. The number of hydrogen-bond acceptors (Lipinski definition) is 5. The molecule has 1 N–H and O–H groups in total. The third-order valence-electron chi connectivity index (χ3n) is 3.44. The van der Waals surface area contributed by atoms with Crippen molar-refractivity contribution in [1.82, 2.24) is 10.2 Å². The molecule has 0 unspecified atom stereocenters. The molecule has 1 aromatic heterocycles. The third kappa shape index (κ3) is 4.61. The Balaban J connectivity index is 1.64. The van der Waals surface area contributed by atoms with Gasteiger partial charge in [0.15, 0.2) is 0 Å². The van der Waals surface area contributed by atoms with E-state index in [2.05, 4.69) is 15.5 Å². The van der Waals surface area contributed by atoms with Gasteiger partial charge < -0.3 is 9.73 Å². The number of aromatic nitrogens is 2. The fourth-order valence-corrected chi connectivity index (χ4v) is 2.95. The van der Waals surface area contributed by atoms with Crippen molar-refractivity contribution in [2.45, 2.75) is 24.3 Å². The second-order valence-corrected chi connectivity index (χ2v) is 7.23. The van der Waals surface area contributed by atoms with Gasteiger partial charge in [0.1, 0.15) is 0 Å². The van der Waals surface area contributed by atoms with Gasteiger partial charge in [0.05, 0.1) is 5.25 Å². The van der Waals surface area contributed by atoms with Gasteiger partial charge in [-0.05, 0) is 44.2 Å². The molecule has 0 saturated heterocycles. The average Bonchev–Trinajstić information content (AvgIpc) is 3.05. The Bertz CT molecular complexity index is 880. The Morgan fingerprint density at radius 1 is 1.20 bits per heavy atom. The van der Waals surface area contributed by atoms with Gasteiger partial charge in [0.25, 0.3) is 5.22 Å². The first-order valence-electron chi connectivity index (χ1n) is 7.65. The summed E-state index contributed by atoms with van der Waals surface area (Å²) in [6, 6.07) is 14.8. The lowest BCUT2D eigenvalue weighted by Crippen LogP contribution is -2.22. The van der Waals surface area contributed by atoms with Crippen LogP contribution in [0.4, 0.5) is 5.69 Å². The van der Waals surface area contributed by atoms with Crippen LogP contribution in [0.1, 0.15) is 12.5 Å². The minimum atomic E-state index is -0.381. The average molecular weight is 374 g/mol. The Morgan fingerprint density at radius 3 is 2.68 bits per heavy atom. The normalized spacial score (nSPS) is 12.0. The van der Waals surface area contributed by atoms with Crippen molar-refractivity contribution in [3.63, 3.8) is 0 Å². The first kappa shape index (κ1) is 17.5. The molecule has 0 bridgehead atoms. The SMILES string of the molecule is Cc1ccc(NC(=O)[C@H](C)Sc2nnc(-c3cccc(Cl)c3)o2)cc1. The van der Waals surface area contributed by atoms with Crippen molar-refractivity contribution >= 4 is 35.0 Å². The first-order valence-corrected chi connectivity index (χ1v) is 8.90. The molecule has 0 spiro atoms. The van der Waals surface area contributed by atoms with Gasteiger partial charge in [-0.25, -0.2) is 0 Å². The van der Waals surface area contributed by atoms with Gasteiger partial charge in [-0.1, -0.05) is 47.1 Å². The summed E-state index contributed by atoms with van der Waals surface area (Å²) in [6.45, 7) is 3.79. The number of benzene rings is 2. The molecule has 1 atom stereocenters. The van der Waals surface area contributed by atoms with Crippen LogP contribution in [0.5, 0.6) is 0 Å². The zero-order valence-corrected chi connectivity index (χ0v) is 15.3. The van der Waals surface area contributed by atoms with Crippen LogP contribution >= 0.6 is 23.4 Å². The molecule has 0 aliphatic rings. The second kappa shape index (κ2) is 7.72. The number of anilines is 1. The molecule has 3 aromatic rings. The molecule has 0 radical (unpaired) electrons. The van der Waals surface area contributed by atoms with Crippen LogP contribution in [0.25, 0.3) is 11.5 Å². The van der Waals surface area contributed by atoms with Crippen LogP contribution in [0, 0.1) is 6.92 Å². The van der Waals surface area contributed by atoms with Crippen LogP contribution < -0.4 is 5.32 Å². The topological polar surface area (TPSA) is 68.0 Å². The van der Waals surface area contributed by atoms with Gasteiger partial charge in [-0.2, -0.15) is 0 Å². The first-order chi connectivity index (χ1) is 12.0. The maximum atomic E-state index is 12.3. The van der Waals surface area contributed by atoms with Crippen molar-refractivity contribution in [3.8, 4) is 11.5 Å². The predicted molar refractivity (Wildman–Crippen MR) is 99.9 cm³/mol. The third-order valence-corrected chi connectivity index (χ3v) is 4.61. The van der Waals surface area contributed by atoms with Gasteiger partial charge in [0, 0.05) is 16.3 Å². The van der Waals surface area contributed by atoms with E-state index in [1.165, 1.54) is 11.8 Å². The van der Waals surface area contributed by atoms with Gasteiger partial charge in [-0.3, -0.25) is 4.79 Å². The Morgan fingerprint density at radius 2 is 1.96 bits per heavy atom. The monoisotopic (exact) mass is 373 g/mol. The Labute approximate surface area is 154 Å². The zero-order chi connectivity index (χ0) is 17.8. The van der Waals surface area contributed by atoms with E-state index in [0.29, 0.717) is 16.1 Å². The zero-order valence-electron chi connectivity index (χ0n) is 13.7. The lowest BCUT2D eigenvalue weighted by Gasteiger charge is -2.10. The molecule has 0 saturated carbocycles. The van der Waals surface area contributed by atoms with E-state index in [9.17, 15) is 4.79 Å². The smallest absolute Gasteiger partial charge is 0.277 e. The summed E-state index contributed by atoms with van der Waals surface area (Å²) in [7, 11) is 0. The van der Waals surface area contributed by atoms with Crippen LogP contribution in [-0.2, 0) is 4.79 Å². The van der Waals surface area contributed by atoms with Gasteiger partial charge in [-0.15, -0.1) is 10.2 Å². The summed E-state index contributed by atoms with van der Waals surface area (Å²) < 4.78 is 5.61. The summed E-state index contributed by atoms with van der Waals surface area (Å²) in [5.41, 5.74) is 2.64. The Hall–Kier alpha value is -2.31. The van der Waals surface area contributed by atoms with E-state index in [-0.39, 0.29) is 11.2 Å². The molecular formula is C18H16ClN3O2S. The van der Waals surface area contributed by atoms with Crippen LogP contribution in [-0.4, -0.2) is 21.4 Å². The number of carbonyl (C=O) groups is 1. The number of rotatable bonds is 5. The van der Waals surface area contributed by atoms with Crippen molar-refractivity contribution in [1.29, 1.82) is 0 Å². The van der Waals surface area contributed by atoms with Crippen molar-refractivity contribution in [2.75, 3.05) is 5.32 Å². The summed E-state index contributed by atoms with van der Waals surface area (Å²) >= 11 is 7.17. The van der Waals surface area contributed by atoms with E-state index in [0.717, 1.165) is 16.8 Å². The number of carbonyl (C=O) groups excluding carboxylic acids is 1. The van der Waals surface area contributed by atoms with E-state index < -0.39 is 0 Å². The quantitative estimate of drug-likeness (QED) is 0.649. The number of hydrogen-bond donors (Lipinski definition) is 1. The number of nitrogens with zero attached hydrogens (tertiary/aromatic N) is 2. The number of thioether (sulfide) groups is 1. The second-order valence-electron chi connectivity index (χ2n) is 5.50. The summed E-state index contributed by atoms with van der Waals surface area (Å²) in [6.07, 6.45) is 0. The molecule has 0 aliphatic carbocycles. The van der Waals surface area contributed by atoms with Crippen LogP contribution in [0.2, 0.25) is 5.02 Å². The standard InChI is InChI=1S/C18H16ClN3O2S/c1-11-6-8-15(9-7-11)20-16(23)12(2)25-18-22-21-17(24-18)13-4-3-5-14(19)10-13/h3-10,12H,1-2H3,(H,20,23)/t12-/m0/s1. The van der Waals surface area contributed by atoms with Gasteiger partial charge >= 0.3 is 0 Å². The van der Waals surface area contributed by atoms with Crippen LogP contribution in [0.15, 0.2) is 58.2 Å². The molecule has 0 aliphatic heterocycles. The number of aryl methyl sites for hydroxylation is 1. The molecule has 7 heteroatoms. The molecule has 5 nitrogen and oxygen atoms in total. The van der Waals surface area contributed by atoms with Crippen LogP contribution in [0.3, 0.4) is 0 Å². The molecular weight excluding hydrogens is 358 g/mol. The highest BCUT2D eigenvalue weighted by atomic mass is 35.5. The van der Waals surface area contributed by atoms with E-state index in [1.54, 1.807) is 19.1 Å². The number of halogens is 1. The Kier molecular flexibility index (Phi) is 5.40. The maximum Gasteiger partial charge on any atom is 0.277 e. The lowest BCUT2D eigenvalue weighted by atomic mass is 10.2. The molecule has 1 heterocycles. The molecule has 2 aromatic carbocycles. The molecule has 128 valence electrons. The van der Waals surface area contributed by atoms with Crippen molar-refractivity contribution in [2.24, 2.45) is 0 Å². The summed E-state index contributed by atoms with van der Waals surface area (Å²) in [4.78, 5) is 12.3. The van der Waals surface area contributed by atoms with Crippen molar-refractivity contribution in [3.05, 3.63) is 59.1 Å². The van der Waals surface area contributed by atoms with Crippen molar-refractivity contribution < 1.29 is 9.21 Å². The minimum absolute atomic E-state index is 0.128. The van der Waals surface area contributed by atoms with E-state index in [1.807, 2.05) is 43.3 Å². The molecule has 1 amide bonds. The largest absolute Gasteiger partial charge is 0.411 e. The summed E-state index contributed by atoms with van der Waals surface area (Å²) in [5, 5.41) is 11.4. The predicted octanol–water partition coefficient (Wildman–Crippen LogP) is 4.82. The number of amides is 1. The van der Waals surface area contributed by atoms with E-state index in [4.69, 9.17) is 16.0 Å². The van der Waals surface area contributed by atoms with Gasteiger partial charge in [0.2, 0.25) is 11.8 Å².